The second kappa shape index (κ2) is 8.68. The van der Waals surface area contributed by atoms with E-state index in [1.54, 1.807) is 0 Å². The van der Waals surface area contributed by atoms with Gasteiger partial charge in [0.25, 0.3) is 0 Å². The van der Waals surface area contributed by atoms with Crippen molar-refractivity contribution in [3.8, 4) is 0 Å². The number of carbonyl (C=O) groups is 1. The first-order valence-corrected chi connectivity index (χ1v) is 6.73. The van der Waals surface area contributed by atoms with Crippen molar-refractivity contribution < 1.29 is 19.0 Å². The van der Waals surface area contributed by atoms with Crippen LogP contribution in [0.4, 0.5) is 0 Å². The topological polar surface area (TPSA) is 70.8 Å². The molecule has 0 spiro atoms. The number of carbonyl (C=O) groups excluding carboxylic acids is 1. The zero-order valence-corrected chi connectivity index (χ0v) is 12.1. The van der Waals surface area contributed by atoms with Crippen molar-refractivity contribution in [3.63, 3.8) is 0 Å². The third kappa shape index (κ3) is 4.59. The van der Waals surface area contributed by atoms with Gasteiger partial charge in [-0.2, -0.15) is 0 Å². The molecular weight excluding hydrogens is 258 g/mol. The fraction of sp³-hybridized carbons (Fsp3) is 0.533. The predicted octanol–water partition coefficient (Wildman–Crippen LogP) is 1.46. The molecule has 5 heteroatoms. The number of hydrogen-bond donors (Lipinski definition) is 1. The minimum Gasteiger partial charge on any atom is -0.467 e. The minimum atomic E-state index is -1.18. The zero-order chi connectivity index (χ0) is 14.8. The van der Waals surface area contributed by atoms with E-state index in [4.69, 9.17) is 19.9 Å². The van der Waals surface area contributed by atoms with E-state index < -0.39 is 11.5 Å². The summed E-state index contributed by atoms with van der Waals surface area (Å²) in [6.07, 6.45) is 0.357. The number of benzene rings is 1. The normalized spacial score (nSPS) is 13.8. The lowest BCUT2D eigenvalue weighted by molar-refractivity contribution is -0.148. The summed E-state index contributed by atoms with van der Waals surface area (Å²) < 4.78 is 15.4. The van der Waals surface area contributed by atoms with E-state index in [9.17, 15) is 4.79 Å². The van der Waals surface area contributed by atoms with Crippen molar-refractivity contribution >= 4 is 5.97 Å². The maximum atomic E-state index is 12.0. The van der Waals surface area contributed by atoms with Crippen LogP contribution in [0.3, 0.4) is 0 Å². The van der Waals surface area contributed by atoms with E-state index >= 15 is 0 Å². The smallest absolute Gasteiger partial charge is 0.330 e. The summed E-state index contributed by atoms with van der Waals surface area (Å²) in [5, 5.41) is 0. The first kappa shape index (κ1) is 16.6. The van der Waals surface area contributed by atoms with Crippen LogP contribution in [0.5, 0.6) is 0 Å². The highest BCUT2D eigenvalue weighted by Gasteiger charge is 2.36. The van der Waals surface area contributed by atoms with Crippen LogP contribution in [0.25, 0.3) is 0 Å². The van der Waals surface area contributed by atoms with Crippen LogP contribution < -0.4 is 5.73 Å². The van der Waals surface area contributed by atoms with E-state index in [0.29, 0.717) is 32.8 Å². The van der Waals surface area contributed by atoms with Crippen molar-refractivity contribution in [2.45, 2.75) is 18.9 Å². The molecule has 1 atom stereocenters. The monoisotopic (exact) mass is 281 g/mol. The van der Waals surface area contributed by atoms with Crippen LogP contribution in [-0.2, 0) is 24.5 Å². The van der Waals surface area contributed by atoms with Crippen molar-refractivity contribution in [3.05, 3.63) is 35.9 Å². The van der Waals surface area contributed by atoms with Gasteiger partial charge >= 0.3 is 5.97 Å². The molecule has 1 unspecified atom stereocenters. The molecule has 0 aliphatic heterocycles. The molecular formula is C15H23NO4. The summed E-state index contributed by atoms with van der Waals surface area (Å²) in [6.45, 7) is 3.99. The summed E-state index contributed by atoms with van der Waals surface area (Å²) in [6, 6.07) is 9.19. The Hall–Kier alpha value is -1.43. The molecule has 0 aliphatic carbocycles. The molecule has 1 rings (SSSR count). The standard InChI is InChI=1S/C15H23NO4/c1-3-19-11-12-20-10-9-15(16,14(17)18-2)13-7-5-4-6-8-13/h4-8H,3,9-12,16H2,1-2H3. The Bertz CT molecular complexity index is 396. The highest BCUT2D eigenvalue weighted by Crippen LogP contribution is 2.23. The molecule has 112 valence electrons. The van der Waals surface area contributed by atoms with E-state index in [1.165, 1.54) is 7.11 Å². The molecule has 0 heterocycles. The van der Waals surface area contributed by atoms with Gasteiger partial charge in [0, 0.05) is 19.6 Å². The van der Waals surface area contributed by atoms with Crippen LogP contribution in [0.1, 0.15) is 18.9 Å². The van der Waals surface area contributed by atoms with Crippen LogP contribution in [0, 0.1) is 0 Å². The van der Waals surface area contributed by atoms with Gasteiger partial charge in [-0.3, -0.25) is 0 Å². The Morgan fingerprint density at radius 1 is 1.15 bits per heavy atom. The lowest BCUT2D eigenvalue weighted by Gasteiger charge is -2.27. The van der Waals surface area contributed by atoms with E-state index in [-0.39, 0.29) is 0 Å². The Morgan fingerprint density at radius 2 is 1.80 bits per heavy atom. The molecule has 1 aromatic carbocycles. The fourth-order valence-corrected chi connectivity index (χ4v) is 1.88. The predicted molar refractivity (Wildman–Crippen MR) is 76.3 cm³/mol. The highest BCUT2D eigenvalue weighted by atomic mass is 16.5. The second-order valence-corrected chi connectivity index (χ2v) is 4.39. The van der Waals surface area contributed by atoms with Crippen molar-refractivity contribution in [1.82, 2.24) is 0 Å². The minimum absolute atomic E-state index is 0.357. The third-order valence-electron chi connectivity index (χ3n) is 3.06. The average molecular weight is 281 g/mol. The average Bonchev–Trinajstić information content (AvgIpc) is 2.50. The quantitative estimate of drug-likeness (QED) is 0.548. The van der Waals surface area contributed by atoms with Gasteiger partial charge in [0.2, 0.25) is 0 Å². The zero-order valence-electron chi connectivity index (χ0n) is 12.1. The van der Waals surface area contributed by atoms with Crippen LogP contribution in [0.15, 0.2) is 30.3 Å². The Kier molecular flexibility index (Phi) is 7.22. The van der Waals surface area contributed by atoms with E-state index in [2.05, 4.69) is 0 Å². The lowest BCUT2D eigenvalue weighted by atomic mass is 9.88. The lowest BCUT2D eigenvalue weighted by Crippen LogP contribution is -2.46. The summed E-state index contributed by atoms with van der Waals surface area (Å²) in [5.74, 6) is -0.461. The summed E-state index contributed by atoms with van der Waals surface area (Å²) >= 11 is 0. The fourth-order valence-electron chi connectivity index (χ4n) is 1.88. The molecule has 20 heavy (non-hydrogen) atoms. The summed E-state index contributed by atoms with van der Waals surface area (Å²) in [5.41, 5.74) is 5.77. The van der Waals surface area contributed by atoms with Gasteiger partial charge in [-0.25, -0.2) is 4.79 Å². The molecule has 0 saturated heterocycles. The highest BCUT2D eigenvalue weighted by molar-refractivity contribution is 5.82. The van der Waals surface area contributed by atoms with Gasteiger partial charge in [-0.15, -0.1) is 0 Å². The molecule has 0 saturated carbocycles. The van der Waals surface area contributed by atoms with Crippen molar-refractivity contribution in [2.75, 3.05) is 33.5 Å². The van der Waals surface area contributed by atoms with Gasteiger partial charge in [0.05, 0.1) is 20.3 Å². The molecule has 0 amide bonds. The third-order valence-corrected chi connectivity index (χ3v) is 3.06. The molecule has 5 nitrogen and oxygen atoms in total. The molecule has 0 bridgehead atoms. The number of hydrogen-bond acceptors (Lipinski definition) is 5. The number of esters is 1. The summed E-state index contributed by atoms with van der Waals surface area (Å²) in [7, 11) is 1.34. The maximum Gasteiger partial charge on any atom is 0.330 e. The number of ether oxygens (including phenoxy) is 3. The van der Waals surface area contributed by atoms with Gasteiger partial charge < -0.3 is 19.9 Å². The maximum absolute atomic E-state index is 12.0. The largest absolute Gasteiger partial charge is 0.467 e. The molecule has 0 aliphatic rings. The Morgan fingerprint density at radius 3 is 2.40 bits per heavy atom. The van der Waals surface area contributed by atoms with Crippen LogP contribution >= 0.6 is 0 Å². The van der Waals surface area contributed by atoms with Gasteiger partial charge in [0.15, 0.2) is 0 Å². The Labute approximate surface area is 120 Å². The first-order valence-electron chi connectivity index (χ1n) is 6.73. The SMILES string of the molecule is CCOCCOCCC(N)(C(=O)OC)c1ccccc1. The van der Waals surface area contributed by atoms with E-state index in [0.717, 1.165) is 5.56 Å². The Balaban J connectivity index is 2.59. The van der Waals surface area contributed by atoms with Crippen molar-refractivity contribution in [2.24, 2.45) is 5.73 Å². The molecule has 1 aromatic rings. The second-order valence-electron chi connectivity index (χ2n) is 4.39. The van der Waals surface area contributed by atoms with Crippen LogP contribution in [0.2, 0.25) is 0 Å². The number of methoxy groups -OCH3 is 1. The van der Waals surface area contributed by atoms with E-state index in [1.807, 2.05) is 37.3 Å². The van der Waals surface area contributed by atoms with Crippen LogP contribution in [-0.4, -0.2) is 39.5 Å². The summed E-state index contributed by atoms with van der Waals surface area (Å²) in [4.78, 5) is 12.0. The van der Waals surface area contributed by atoms with Gasteiger partial charge in [-0.1, -0.05) is 30.3 Å². The number of nitrogens with two attached hydrogens (primary N) is 1. The first-order chi connectivity index (χ1) is 9.65. The number of rotatable bonds is 9. The van der Waals surface area contributed by atoms with Gasteiger partial charge in [0.1, 0.15) is 5.54 Å². The molecule has 0 fully saturated rings. The molecule has 2 N–H and O–H groups in total. The van der Waals surface area contributed by atoms with Gasteiger partial charge in [-0.05, 0) is 12.5 Å². The molecule has 0 aromatic heterocycles. The molecule has 0 radical (unpaired) electrons. The van der Waals surface area contributed by atoms with Crippen molar-refractivity contribution in [1.29, 1.82) is 0 Å².